The highest BCUT2D eigenvalue weighted by atomic mass is 35.5. The molecule has 0 unspecified atom stereocenters. The van der Waals surface area contributed by atoms with E-state index in [-0.39, 0.29) is 0 Å². The van der Waals surface area contributed by atoms with Crippen LogP contribution >= 0.6 is 11.6 Å². The zero-order valence-electron chi connectivity index (χ0n) is 11.0. The first-order valence-electron chi connectivity index (χ1n) is 6.17. The first kappa shape index (κ1) is 13.0. The molecule has 1 aromatic heterocycles. The molecule has 0 saturated carbocycles. The summed E-state index contributed by atoms with van der Waals surface area (Å²) in [7, 11) is 0. The van der Waals surface area contributed by atoms with Gasteiger partial charge in [-0.2, -0.15) is 0 Å². The van der Waals surface area contributed by atoms with Gasteiger partial charge < -0.3 is 9.88 Å². The van der Waals surface area contributed by atoms with E-state index in [4.69, 9.17) is 11.6 Å². The van der Waals surface area contributed by atoms with Crippen molar-refractivity contribution in [3.05, 3.63) is 40.7 Å². The van der Waals surface area contributed by atoms with E-state index in [0.717, 1.165) is 40.9 Å². The Morgan fingerprint density at radius 1 is 1.33 bits per heavy atom. The molecular weight excluding hydrogens is 246 g/mol. The molecule has 1 heterocycles. The molecule has 0 fully saturated rings. The van der Waals surface area contributed by atoms with Crippen LogP contribution in [-0.2, 0) is 6.54 Å². The van der Waals surface area contributed by atoms with Gasteiger partial charge in [-0.25, -0.2) is 4.98 Å². The van der Waals surface area contributed by atoms with Gasteiger partial charge in [-0.15, -0.1) is 0 Å². The van der Waals surface area contributed by atoms with Gasteiger partial charge in [-0.05, 0) is 44.0 Å². The molecule has 0 saturated heterocycles. The van der Waals surface area contributed by atoms with E-state index in [1.807, 2.05) is 32.0 Å². The average molecular weight is 264 g/mol. The van der Waals surface area contributed by atoms with Gasteiger partial charge >= 0.3 is 0 Å². The number of aromatic nitrogens is 2. The fourth-order valence-electron chi connectivity index (χ4n) is 1.95. The molecule has 0 amide bonds. The summed E-state index contributed by atoms with van der Waals surface area (Å²) >= 11 is 5.96. The lowest BCUT2D eigenvalue weighted by molar-refractivity contribution is 0.686. The molecule has 96 valence electrons. The van der Waals surface area contributed by atoms with E-state index in [9.17, 15) is 0 Å². The van der Waals surface area contributed by atoms with Crippen molar-refractivity contribution >= 4 is 23.2 Å². The minimum absolute atomic E-state index is 0.756. The van der Waals surface area contributed by atoms with Gasteiger partial charge in [0, 0.05) is 23.5 Å². The van der Waals surface area contributed by atoms with Gasteiger partial charge in [0.1, 0.15) is 0 Å². The molecule has 0 aliphatic heterocycles. The first-order chi connectivity index (χ1) is 8.60. The molecule has 0 aliphatic carbocycles. The van der Waals surface area contributed by atoms with Crippen LogP contribution in [0.4, 0.5) is 11.6 Å². The molecule has 0 radical (unpaired) electrons. The van der Waals surface area contributed by atoms with Crippen molar-refractivity contribution in [1.29, 1.82) is 0 Å². The molecule has 2 rings (SSSR count). The van der Waals surface area contributed by atoms with Gasteiger partial charge in [-0.1, -0.05) is 18.5 Å². The Kier molecular flexibility index (Phi) is 3.92. The summed E-state index contributed by atoms with van der Waals surface area (Å²) in [6.45, 7) is 7.17. The van der Waals surface area contributed by atoms with E-state index >= 15 is 0 Å². The maximum atomic E-state index is 5.96. The normalized spacial score (nSPS) is 10.7. The van der Waals surface area contributed by atoms with Crippen molar-refractivity contribution in [2.24, 2.45) is 0 Å². The van der Waals surface area contributed by atoms with Crippen molar-refractivity contribution in [3.63, 3.8) is 0 Å². The molecule has 0 aliphatic rings. The van der Waals surface area contributed by atoms with E-state index < -0.39 is 0 Å². The molecule has 4 heteroatoms. The second-order valence-corrected chi connectivity index (χ2v) is 4.92. The Labute approximate surface area is 113 Å². The predicted octanol–water partition coefficient (Wildman–Crippen LogP) is 4.31. The molecule has 18 heavy (non-hydrogen) atoms. The number of imidazole rings is 1. The van der Waals surface area contributed by atoms with E-state index in [0.29, 0.717) is 0 Å². The van der Waals surface area contributed by atoms with Crippen LogP contribution < -0.4 is 5.32 Å². The largest absolute Gasteiger partial charge is 0.325 e. The summed E-state index contributed by atoms with van der Waals surface area (Å²) < 4.78 is 2.14. The smallest absolute Gasteiger partial charge is 0.207 e. The summed E-state index contributed by atoms with van der Waals surface area (Å²) in [5.74, 6) is 0.889. The monoisotopic (exact) mass is 263 g/mol. The van der Waals surface area contributed by atoms with Crippen molar-refractivity contribution < 1.29 is 0 Å². The van der Waals surface area contributed by atoms with Gasteiger partial charge in [0.2, 0.25) is 5.95 Å². The number of nitrogens with zero attached hydrogens (tertiary/aromatic N) is 2. The molecular formula is C14H18ClN3. The lowest BCUT2D eigenvalue weighted by Crippen LogP contribution is -2.03. The topological polar surface area (TPSA) is 29.9 Å². The summed E-state index contributed by atoms with van der Waals surface area (Å²) in [4.78, 5) is 4.51. The fraction of sp³-hybridized carbons (Fsp3) is 0.357. The lowest BCUT2D eigenvalue weighted by Gasteiger charge is -2.11. The number of nitrogens with one attached hydrogen (secondary N) is 1. The minimum Gasteiger partial charge on any atom is -0.325 e. The van der Waals surface area contributed by atoms with Crippen molar-refractivity contribution in [2.75, 3.05) is 5.32 Å². The minimum atomic E-state index is 0.756. The van der Waals surface area contributed by atoms with E-state index in [2.05, 4.69) is 28.0 Å². The zero-order valence-corrected chi connectivity index (χ0v) is 11.8. The van der Waals surface area contributed by atoms with Gasteiger partial charge in [0.25, 0.3) is 0 Å². The maximum absolute atomic E-state index is 5.96. The van der Waals surface area contributed by atoms with Gasteiger partial charge in [0.15, 0.2) is 0 Å². The summed E-state index contributed by atoms with van der Waals surface area (Å²) in [6.07, 6.45) is 3.15. The third-order valence-corrected chi connectivity index (χ3v) is 3.03. The van der Waals surface area contributed by atoms with Gasteiger partial charge in [-0.3, -0.25) is 0 Å². The highest BCUT2D eigenvalue weighted by Crippen LogP contribution is 2.23. The number of hydrogen-bond acceptors (Lipinski definition) is 2. The molecule has 3 nitrogen and oxygen atoms in total. The molecule has 1 N–H and O–H groups in total. The summed E-state index contributed by atoms with van der Waals surface area (Å²) in [6, 6.07) is 5.82. The number of aryl methyl sites for hydroxylation is 3. The second kappa shape index (κ2) is 5.44. The van der Waals surface area contributed by atoms with Crippen LogP contribution in [0, 0.1) is 13.8 Å². The van der Waals surface area contributed by atoms with Crippen LogP contribution in [0.2, 0.25) is 5.02 Å². The summed E-state index contributed by atoms with van der Waals surface area (Å²) in [5, 5.41) is 4.12. The molecule has 2 aromatic rings. The molecule has 1 aromatic carbocycles. The molecule has 0 spiro atoms. The number of halogens is 1. The first-order valence-corrected chi connectivity index (χ1v) is 6.55. The van der Waals surface area contributed by atoms with Crippen LogP contribution in [0.1, 0.15) is 24.6 Å². The van der Waals surface area contributed by atoms with Crippen LogP contribution in [0.25, 0.3) is 0 Å². The number of anilines is 2. The Balaban J connectivity index is 2.27. The highest BCUT2D eigenvalue weighted by molar-refractivity contribution is 6.30. The van der Waals surface area contributed by atoms with Crippen molar-refractivity contribution in [2.45, 2.75) is 33.7 Å². The predicted molar refractivity (Wildman–Crippen MR) is 76.7 cm³/mol. The second-order valence-electron chi connectivity index (χ2n) is 4.48. The zero-order chi connectivity index (χ0) is 13.1. The average Bonchev–Trinajstić information content (AvgIpc) is 2.64. The van der Waals surface area contributed by atoms with Crippen molar-refractivity contribution in [1.82, 2.24) is 9.55 Å². The third-order valence-electron chi connectivity index (χ3n) is 2.80. The third kappa shape index (κ3) is 2.85. The SMILES string of the molecule is CCCn1cc(C)nc1Nc1ccc(Cl)cc1C. The number of rotatable bonds is 4. The Morgan fingerprint density at radius 3 is 2.78 bits per heavy atom. The van der Waals surface area contributed by atoms with Gasteiger partial charge in [0.05, 0.1) is 5.69 Å². The van der Waals surface area contributed by atoms with Crippen LogP contribution in [0.5, 0.6) is 0 Å². The van der Waals surface area contributed by atoms with Crippen LogP contribution in [-0.4, -0.2) is 9.55 Å². The number of benzene rings is 1. The van der Waals surface area contributed by atoms with Crippen LogP contribution in [0.3, 0.4) is 0 Å². The summed E-state index contributed by atoms with van der Waals surface area (Å²) in [5.41, 5.74) is 3.19. The highest BCUT2D eigenvalue weighted by Gasteiger charge is 2.07. The van der Waals surface area contributed by atoms with Crippen LogP contribution in [0.15, 0.2) is 24.4 Å². The van der Waals surface area contributed by atoms with E-state index in [1.54, 1.807) is 0 Å². The fourth-order valence-corrected chi connectivity index (χ4v) is 2.17. The Morgan fingerprint density at radius 2 is 2.11 bits per heavy atom. The standard InChI is InChI=1S/C14H18ClN3/c1-4-7-18-9-11(3)16-14(18)17-13-6-5-12(15)8-10(13)2/h5-6,8-9H,4,7H2,1-3H3,(H,16,17). The Bertz CT molecular complexity index is 546. The Hall–Kier alpha value is -1.48. The maximum Gasteiger partial charge on any atom is 0.207 e. The number of hydrogen-bond donors (Lipinski definition) is 1. The lowest BCUT2D eigenvalue weighted by atomic mass is 10.2. The van der Waals surface area contributed by atoms with Crippen molar-refractivity contribution in [3.8, 4) is 0 Å². The quantitative estimate of drug-likeness (QED) is 0.891. The molecule has 0 atom stereocenters. The van der Waals surface area contributed by atoms with E-state index in [1.165, 1.54) is 0 Å². The molecule has 0 bridgehead atoms.